The summed E-state index contributed by atoms with van der Waals surface area (Å²) < 4.78 is 10.0. The quantitative estimate of drug-likeness (QED) is 0.585. The van der Waals surface area contributed by atoms with E-state index in [0.29, 0.717) is 0 Å². The minimum absolute atomic E-state index is 0.00446. The number of hydrogen-bond acceptors (Lipinski definition) is 6. The fourth-order valence-corrected chi connectivity index (χ4v) is 3.67. The van der Waals surface area contributed by atoms with Crippen molar-refractivity contribution < 1.29 is 28.7 Å². The lowest BCUT2D eigenvalue weighted by Gasteiger charge is -2.35. The second-order valence-electron chi connectivity index (χ2n) is 7.74. The number of hydrogen-bond donors (Lipinski definition) is 2. The number of nitrogens with zero attached hydrogens (tertiary/aromatic N) is 1. The highest BCUT2D eigenvalue weighted by molar-refractivity contribution is 5.91. The van der Waals surface area contributed by atoms with Crippen LogP contribution in [0.5, 0.6) is 0 Å². The van der Waals surface area contributed by atoms with Gasteiger partial charge in [-0.15, -0.1) is 0 Å². The Labute approximate surface area is 191 Å². The molecule has 3 rings (SSSR count). The summed E-state index contributed by atoms with van der Waals surface area (Å²) in [6.07, 6.45) is -0.472. The van der Waals surface area contributed by atoms with E-state index in [1.807, 2.05) is 54.6 Å². The van der Waals surface area contributed by atoms with Gasteiger partial charge < -0.3 is 20.5 Å². The van der Waals surface area contributed by atoms with E-state index in [-0.39, 0.29) is 32.4 Å². The Morgan fingerprint density at radius 3 is 2.39 bits per heavy atom. The van der Waals surface area contributed by atoms with Crippen LogP contribution in [0, 0.1) is 0 Å². The van der Waals surface area contributed by atoms with Gasteiger partial charge in [-0.2, -0.15) is 0 Å². The molecule has 3 N–H and O–H groups in total. The molecule has 174 valence electrons. The summed E-state index contributed by atoms with van der Waals surface area (Å²) in [5, 5.41) is 2.58. The van der Waals surface area contributed by atoms with Gasteiger partial charge in [0.05, 0.1) is 13.7 Å². The van der Waals surface area contributed by atoms with E-state index >= 15 is 0 Å². The molecule has 0 unspecified atom stereocenters. The van der Waals surface area contributed by atoms with Crippen LogP contribution in [0.3, 0.4) is 0 Å². The Morgan fingerprint density at radius 2 is 1.73 bits per heavy atom. The molecule has 33 heavy (non-hydrogen) atoms. The summed E-state index contributed by atoms with van der Waals surface area (Å²) in [7, 11) is 1.23. The predicted octanol–water partition coefficient (Wildman–Crippen LogP) is 1.67. The highest BCUT2D eigenvalue weighted by Gasteiger charge is 2.37. The van der Waals surface area contributed by atoms with Crippen LogP contribution in [0.15, 0.2) is 54.6 Å². The maximum absolute atomic E-state index is 13.1. The third kappa shape index (κ3) is 6.31. The van der Waals surface area contributed by atoms with Crippen molar-refractivity contribution in [2.24, 2.45) is 5.73 Å². The van der Waals surface area contributed by atoms with Crippen LogP contribution in [0.1, 0.15) is 29.5 Å². The summed E-state index contributed by atoms with van der Waals surface area (Å²) >= 11 is 0. The smallest absolute Gasteiger partial charge is 0.411 e. The standard InChI is InChI=1S/C24H27N3O6/c1-32-21(28)12-11-19(22(25)29)26-23(30)20-13-17-9-5-6-10-18(17)14-27(20)24(31)33-15-16-7-3-2-4-8-16/h2-10,19-20H,11-15H2,1H3,(H2,25,29)(H,26,30)/t19-,20+/m1/s1. The van der Waals surface area contributed by atoms with Crippen molar-refractivity contribution in [3.63, 3.8) is 0 Å². The largest absolute Gasteiger partial charge is 0.469 e. The maximum Gasteiger partial charge on any atom is 0.411 e. The number of esters is 1. The molecule has 0 spiro atoms. The third-order valence-electron chi connectivity index (χ3n) is 5.52. The molecule has 1 heterocycles. The number of primary amides is 1. The molecule has 0 fully saturated rings. The molecule has 1 aliphatic heterocycles. The number of fused-ring (bicyclic) bond motifs is 1. The van der Waals surface area contributed by atoms with Crippen molar-refractivity contribution in [1.29, 1.82) is 0 Å². The van der Waals surface area contributed by atoms with Crippen LogP contribution in [0.25, 0.3) is 0 Å². The maximum atomic E-state index is 13.1. The number of ether oxygens (including phenoxy) is 2. The normalized spacial score (nSPS) is 15.7. The SMILES string of the molecule is COC(=O)CC[C@@H](NC(=O)[C@@H]1Cc2ccccc2CN1C(=O)OCc1ccccc1)C(N)=O. The fourth-order valence-electron chi connectivity index (χ4n) is 3.67. The summed E-state index contributed by atoms with van der Waals surface area (Å²) in [5.74, 6) is -1.84. The molecule has 0 saturated carbocycles. The lowest BCUT2D eigenvalue weighted by atomic mass is 9.93. The van der Waals surface area contributed by atoms with Gasteiger partial charge in [-0.1, -0.05) is 54.6 Å². The molecular formula is C24H27N3O6. The first-order valence-corrected chi connectivity index (χ1v) is 10.6. The van der Waals surface area contributed by atoms with Crippen LogP contribution in [0.2, 0.25) is 0 Å². The Morgan fingerprint density at radius 1 is 1.06 bits per heavy atom. The van der Waals surface area contributed by atoms with Crippen molar-refractivity contribution in [3.8, 4) is 0 Å². The highest BCUT2D eigenvalue weighted by atomic mass is 16.6. The van der Waals surface area contributed by atoms with Gasteiger partial charge in [-0.25, -0.2) is 4.79 Å². The average molecular weight is 453 g/mol. The topological polar surface area (TPSA) is 128 Å². The molecule has 2 atom stereocenters. The summed E-state index contributed by atoms with van der Waals surface area (Å²) in [6, 6.07) is 14.8. The van der Waals surface area contributed by atoms with Gasteiger partial charge in [-0.3, -0.25) is 19.3 Å². The molecule has 9 heteroatoms. The lowest BCUT2D eigenvalue weighted by Crippen LogP contribution is -2.56. The molecule has 0 radical (unpaired) electrons. The molecule has 0 saturated heterocycles. The monoisotopic (exact) mass is 453 g/mol. The molecule has 0 aromatic heterocycles. The van der Waals surface area contributed by atoms with E-state index in [1.54, 1.807) is 0 Å². The van der Waals surface area contributed by atoms with Gasteiger partial charge in [-0.05, 0) is 23.1 Å². The van der Waals surface area contributed by atoms with Gasteiger partial charge in [0.25, 0.3) is 0 Å². The Bertz CT molecular complexity index is 1010. The minimum Gasteiger partial charge on any atom is -0.469 e. The lowest BCUT2D eigenvalue weighted by molar-refractivity contribution is -0.141. The van der Waals surface area contributed by atoms with Gasteiger partial charge in [0.15, 0.2) is 0 Å². The van der Waals surface area contributed by atoms with Crippen molar-refractivity contribution in [3.05, 3.63) is 71.3 Å². The van der Waals surface area contributed by atoms with E-state index in [9.17, 15) is 19.2 Å². The number of nitrogens with two attached hydrogens (primary N) is 1. The Balaban J connectivity index is 1.75. The number of carbonyl (C=O) groups is 4. The number of methoxy groups -OCH3 is 1. The molecule has 9 nitrogen and oxygen atoms in total. The second-order valence-corrected chi connectivity index (χ2v) is 7.74. The minimum atomic E-state index is -1.07. The van der Waals surface area contributed by atoms with Gasteiger partial charge >= 0.3 is 12.1 Å². The molecular weight excluding hydrogens is 426 g/mol. The number of amides is 3. The van der Waals surface area contributed by atoms with Crippen LogP contribution < -0.4 is 11.1 Å². The second kappa shape index (κ2) is 11.1. The molecule has 0 bridgehead atoms. The zero-order valence-electron chi connectivity index (χ0n) is 18.4. The van der Waals surface area contributed by atoms with Crippen molar-refractivity contribution in [2.45, 2.75) is 44.5 Å². The molecule has 2 aromatic carbocycles. The van der Waals surface area contributed by atoms with Crippen LogP contribution in [-0.2, 0) is 43.4 Å². The number of nitrogens with one attached hydrogen (secondary N) is 1. The van der Waals surface area contributed by atoms with E-state index in [1.165, 1.54) is 12.0 Å². The van der Waals surface area contributed by atoms with E-state index in [2.05, 4.69) is 10.1 Å². The van der Waals surface area contributed by atoms with Crippen LogP contribution >= 0.6 is 0 Å². The molecule has 3 amide bonds. The molecule has 1 aliphatic rings. The zero-order valence-corrected chi connectivity index (χ0v) is 18.4. The number of rotatable bonds is 8. The fraction of sp³-hybridized carbons (Fsp3) is 0.333. The highest BCUT2D eigenvalue weighted by Crippen LogP contribution is 2.24. The van der Waals surface area contributed by atoms with Crippen LogP contribution in [0.4, 0.5) is 4.79 Å². The van der Waals surface area contributed by atoms with Gasteiger partial charge in [0, 0.05) is 12.8 Å². The molecule has 0 aliphatic carbocycles. The van der Waals surface area contributed by atoms with Crippen molar-refractivity contribution in [2.75, 3.05) is 7.11 Å². The Hall–Kier alpha value is -3.88. The predicted molar refractivity (Wildman–Crippen MR) is 118 cm³/mol. The molecule has 2 aromatic rings. The Kier molecular flexibility index (Phi) is 8.01. The number of carbonyl (C=O) groups excluding carboxylic acids is 4. The van der Waals surface area contributed by atoms with E-state index in [0.717, 1.165) is 16.7 Å². The van der Waals surface area contributed by atoms with Crippen molar-refractivity contribution >= 4 is 23.9 Å². The zero-order chi connectivity index (χ0) is 23.8. The first-order valence-electron chi connectivity index (χ1n) is 10.6. The van der Waals surface area contributed by atoms with Gasteiger partial charge in [0.1, 0.15) is 18.7 Å². The first kappa shape index (κ1) is 23.8. The third-order valence-corrected chi connectivity index (χ3v) is 5.52. The van der Waals surface area contributed by atoms with E-state index < -0.39 is 36.0 Å². The van der Waals surface area contributed by atoms with Crippen LogP contribution in [-0.4, -0.2) is 48.0 Å². The van der Waals surface area contributed by atoms with E-state index in [4.69, 9.17) is 10.5 Å². The van der Waals surface area contributed by atoms with Crippen molar-refractivity contribution in [1.82, 2.24) is 10.2 Å². The summed E-state index contributed by atoms with van der Waals surface area (Å²) in [6.45, 7) is 0.250. The summed E-state index contributed by atoms with van der Waals surface area (Å²) in [5.41, 5.74) is 8.07. The number of benzene rings is 2. The average Bonchev–Trinajstić information content (AvgIpc) is 2.84. The first-order chi connectivity index (χ1) is 15.9. The van der Waals surface area contributed by atoms with Gasteiger partial charge in [0.2, 0.25) is 11.8 Å². The summed E-state index contributed by atoms with van der Waals surface area (Å²) in [4.78, 5) is 50.7.